The lowest BCUT2D eigenvalue weighted by atomic mass is 9.69. The molecule has 1 aromatic rings. The fraction of sp³-hybridized carbons (Fsp3) is 0.385. The normalized spacial score (nSPS) is 16.3. The van der Waals surface area contributed by atoms with Crippen molar-refractivity contribution in [3.8, 4) is 11.8 Å². The monoisotopic (exact) mass is 248 g/mol. The number of benzene rings is 1. The molecule has 1 fully saturated rings. The van der Waals surface area contributed by atoms with Gasteiger partial charge in [-0.25, -0.2) is 4.39 Å². The number of methoxy groups -OCH3 is 1. The van der Waals surface area contributed by atoms with E-state index in [1.54, 1.807) is 0 Å². The van der Waals surface area contributed by atoms with Crippen molar-refractivity contribution in [3.05, 3.63) is 24.0 Å². The van der Waals surface area contributed by atoms with E-state index in [1.165, 1.54) is 25.3 Å². The molecule has 0 spiro atoms. The van der Waals surface area contributed by atoms with Crippen LogP contribution in [0.2, 0.25) is 0 Å². The quantitative estimate of drug-likeness (QED) is 0.893. The van der Waals surface area contributed by atoms with E-state index >= 15 is 0 Å². The van der Waals surface area contributed by atoms with Crippen molar-refractivity contribution in [1.82, 2.24) is 0 Å². The molecule has 0 heterocycles. The summed E-state index contributed by atoms with van der Waals surface area (Å²) in [4.78, 5) is 12.0. The van der Waals surface area contributed by atoms with Crippen molar-refractivity contribution in [2.75, 3.05) is 12.4 Å². The molecule has 1 saturated carbocycles. The van der Waals surface area contributed by atoms with Gasteiger partial charge in [0.2, 0.25) is 5.91 Å². The molecule has 1 amide bonds. The Kier molecular flexibility index (Phi) is 3.19. The Morgan fingerprint density at radius 2 is 2.28 bits per heavy atom. The van der Waals surface area contributed by atoms with Crippen molar-refractivity contribution in [2.45, 2.75) is 19.3 Å². The highest BCUT2D eigenvalue weighted by atomic mass is 19.1. The number of anilines is 1. The summed E-state index contributed by atoms with van der Waals surface area (Å²) < 4.78 is 18.2. The van der Waals surface area contributed by atoms with E-state index < -0.39 is 11.2 Å². The first-order valence-corrected chi connectivity index (χ1v) is 5.67. The summed E-state index contributed by atoms with van der Waals surface area (Å²) in [5.74, 6) is -0.483. The molecule has 1 aliphatic carbocycles. The first kappa shape index (κ1) is 12.4. The third kappa shape index (κ3) is 2.02. The molecule has 18 heavy (non-hydrogen) atoms. The summed E-state index contributed by atoms with van der Waals surface area (Å²) >= 11 is 0. The Bertz CT molecular complexity index is 518. The average Bonchev–Trinajstić information content (AvgIpc) is 2.28. The molecule has 0 aliphatic heterocycles. The van der Waals surface area contributed by atoms with Gasteiger partial charge in [-0.1, -0.05) is 0 Å². The summed E-state index contributed by atoms with van der Waals surface area (Å²) in [6.45, 7) is 0. The highest BCUT2D eigenvalue weighted by molar-refractivity contribution is 5.98. The predicted octanol–water partition coefficient (Wildman–Crippen LogP) is 2.47. The molecule has 1 N–H and O–H groups in total. The number of amides is 1. The van der Waals surface area contributed by atoms with E-state index in [-0.39, 0.29) is 11.6 Å². The molecule has 0 bridgehead atoms. The number of ether oxygens (including phenoxy) is 1. The predicted molar refractivity (Wildman–Crippen MR) is 63.5 cm³/mol. The van der Waals surface area contributed by atoms with Crippen LogP contribution in [-0.4, -0.2) is 13.0 Å². The summed E-state index contributed by atoms with van der Waals surface area (Å²) in [6, 6.07) is 5.90. The maximum atomic E-state index is 13.1. The van der Waals surface area contributed by atoms with Crippen LogP contribution >= 0.6 is 0 Å². The van der Waals surface area contributed by atoms with Crippen LogP contribution in [-0.2, 0) is 4.79 Å². The van der Waals surface area contributed by atoms with Crippen LogP contribution < -0.4 is 10.1 Å². The number of rotatable bonds is 3. The van der Waals surface area contributed by atoms with Gasteiger partial charge in [-0.2, -0.15) is 5.26 Å². The van der Waals surface area contributed by atoms with Crippen LogP contribution in [0, 0.1) is 22.6 Å². The van der Waals surface area contributed by atoms with Gasteiger partial charge in [0.15, 0.2) is 0 Å². The maximum Gasteiger partial charge on any atom is 0.244 e. The van der Waals surface area contributed by atoms with Crippen LogP contribution in [0.5, 0.6) is 5.75 Å². The van der Waals surface area contributed by atoms with Crippen molar-refractivity contribution in [1.29, 1.82) is 5.26 Å². The van der Waals surface area contributed by atoms with Crippen molar-refractivity contribution < 1.29 is 13.9 Å². The molecule has 94 valence electrons. The van der Waals surface area contributed by atoms with Gasteiger partial charge < -0.3 is 10.1 Å². The van der Waals surface area contributed by atoms with E-state index in [0.717, 1.165) is 6.42 Å². The standard InChI is InChI=1S/C13H13FN2O2/c1-18-11-4-3-9(14)7-10(11)16-12(17)13(8-15)5-2-6-13/h3-4,7H,2,5-6H2,1H3,(H,16,17). The molecule has 0 aromatic heterocycles. The van der Waals surface area contributed by atoms with Gasteiger partial charge in [-0.15, -0.1) is 0 Å². The van der Waals surface area contributed by atoms with Crippen molar-refractivity contribution >= 4 is 11.6 Å². The number of nitriles is 1. The lowest BCUT2D eigenvalue weighted by Crippen LogP contribution is -2.40. The Hall–Kier alpha value is -2.09. The van der Waals surface area contributed by atoms with Crippen LogP contribution in [0.1, 0.15) is 19.3 Å². The average molecular weight is 248 g/mol. The van der Waals surface area contributed by atoms with Crippen LogP contribution in [0.3, 0.4) is 0 Å². The zero-order valence-corrected chi connectivity index (χ0v) is 10.00. The topological polar surface area (TPSA) is 62.1 Å². The lowest BCUT2D eigenvalue weighted by molar-refractivity contribution is -0.126. The number of hydrogen-bond acceptors (Lipinski definition) is 3. The third-order valence-corrected chi connectivity index (χ3v) is 3.27. The molecule has 4 nitrogen and oxygen atoms in total. The molecule has 0 unspecified atom stereocenters. The number of halogens is 1. The zero-order chi connectivity index (χ0) is 13.2. The SMILES string of the molecule is COc1ccc(F)cc1NC(=O)C1(C#N)CCC1. The summed E-state index contributed by atoms with van der Waals surface area (Å²) in [7, 11) is 1.44. The largest absolute Gasteiger partial charge is 0.495 e. The first-order valence-electron chi connectivity index (χ1n) is 5.67. The third-order valence-electron chi connectivity index (χ3n) is 3.27. The maximum absolute atomic E-state index is 13.1. The molecule has 0 radical (unpaired) electrons. The summed E-state index contributed by atoms with van der Waals surface area (Å²) in [5, 5.41) is 11.6. The fourth-order valence-corrected chi connectivity index (χ4v) is 1.94. The Balaban J connectivity index is 2.21. The Morgan fingerprint density at radius 3 is 2.78 bits per heavy atom. The van der Waals surface area contributed by atoms with Crippen LogP contribution in [0.25, 0.3) is 0 Å². The minimum Gasteiger partial charge on any atom is -0.495 e. The smallest absolute Gasteiger partial charge is 0.244 e. The van der Waals surface area contributed by atoms with Crippen LogP contribution in [0.15, 0.2) is 18.2 Å². The van der Waals surface area contributed by atoms with Crippen molar-refractivity contribution in [3.63, 3.8) is 0 Å². The van der Waals surface area contributed by atoms with Gasteiger partial charge in [0.1, 0.15) is 17.0 Å². The molecule has 2 rings (SSSR count). The van der Waals surface area contributed by atoms with Crippen molar-refractivity contribution in [2.24, 2.45) is 5.41 Å². The second-order valence-electron chi connectivity index (χ2n) is 4.35. The van der Waals surface area contributed by atoms with E-state index in [0.29, 0.717) is 18.6 Å². The van der Waals surface area contributed by atoms with E-state index in [1.807, 2.05) is 6.07 Å². The number of nitrogens with one attached hydrogen (secondary N) is 1. The highest BCUT2D eigenvalue weighted by Gasteiger charge is 2.44. The van der Waals surface area contributed by atoms with Gasteiger partial charge in [0.25, 0.3) is 0 Å². The van der Waals surface area contributed by atoms with E-state index in [2.05, 4.69) is 5.32 Å². The minimum atomic E-state index is -0.961. The molecule has 1 aromatic carbocycles. The molecule has 0 saturated heterocycles. The van der Waals surface area contributed by atoms with Crippen LogP contribution in [0.4, 0.5) is 10.1 Å². The highest BCUT2D eigenvalue weighted by Crippen LogP contribution is 2.41. The number of nitrogens with zero attached hydrogens (tertiary/aromatic N) is 1. The van der Waals surface area contributed by atoms with Gasteiger partial charge in [-0.05, 0) is 31.4 Å². The molecular formula is C13H13FN2O2. The number of carbonyl (C=O) groups is 1. The molecule has 5 heteroatoms. The van der Waals surface area contributed by atoms with Gasteiger partial charge in [0.05, 0.1) is 18.9 Å². The number of carbonyl (C=O) groups excluding carboxylic acids is 1. The molecular weight excluding hydrogens is 235 g/mol. The summed E-state index contributed by atoms with van der Waals surface area (Å²) in [5.41, 5.74) is -0.707. The minimum absolute atomic E-state index is 0.254. The lowest BCUT2D eigenvalue weighted by Gasteiger charge is -2.33. The molecule has 0 atom stereocenters. The summed E-state index contributed by atoms with van der Waals surface area (Å²) in [6.07, 6.45) is 1.96. The Morgan fingerprint density at radius 1 is 1.56 bits per heavy atom. The second-order valence-corrected chi connectivity index (χ2v) is 4.35. The fourth-order valence-electron chi connectivity index (χ4n) is 1.94. The number of hydrogen-bond donors (Lipinski definition) is 1. The van der Waals surface area contributed by atoms with E-state index in [9.17, 15) is 9.18 Å². The zero-order valence-electron chi connectivity index (χ0n) is 10.00. The molecule has 1 aliphatic rings. The van der Waals surface area contributed by atoms with Gasteiger partial charge >= 0.3 is 0 Å². The first-order chi connectivity index (χ1) is 8.61. The van der Waals surface area contributed by atoms with Gasteiger partial charge in [-0.3, -0.25) is 4.79 Å². The second kappa shape index (κ2) is 4.65. The van der Waals surface area contributed by atoms with E-state index in [4.69, 9.17) is 10.00 Å². The van der Waals surface area contributed by atoms with Gasteiger partial charge in [0, 0.05) is 6.07 Å². The Labute approximate surface area is 104 Å².